The zero-order valence-electron chi connectivity index (χ0n) is 12.3. The Morgan fingerprint density at radius 2 is 2.00 bits per heavy atom. The van der Waals surface area contributed by atoms with Crippen molar-refractivity contribution >= 4 is 0 Å². The first-order valence-corrected chi connectivity index (χ1v) is 7.61. The Morgan fingerprint density at radius 1 is 1.28 bits per heavy atom. The minimum Gasteiger partial charge on any atom is -0.394 e. The molecule has 2 aliphatic carbocycles. The largest absolute Gasteiger partial charge is 0.394 e. The van der Waals surface area contributed by atoms with Crippen LogP contribution in [0.4, 0.5) is 0 Å². The summed E-state index contributed by atoms with van der Waals surface area (Å²) in [5, 5.41) is 13.3. The van der Waals surface area contributed by atoms with Crippen molar-refractivity contribution in [1.82, 2.24) is 10.2 Å². The van der Waals surface area contributed by atoms with Crippen molar-refractivity contribution in [1.29, 1.82) is 0 Å². The Labute approximate surface area is 112 Å². The molecule has 3 heteroatoms. The van der Waals surface area contributed by atoms with Crippen molar-refractivity contribution in [2.24, 2.45) is 5.92 Å². The van der Waals surface area contributed by atoms with Gasteiger partial charge in [-0.3, -0.25) is 0 Å². The van der Waals surface area contributed by atoms with Crippen molar-refractivity contribution in [2.75, 3.05) is 20.2 Å². The Bertz CT molecular complexity index is 267. The fourth-order valence-corrected chi connectivity index (χ4v) is 3.34. The molecule has 0 saturated heterocycles. The minimum absolute atomic E-state index is 0.128. The summed E-state index contributed by atoms with van der Waals surface area (Å²) in [5.74, 6) is 0.864. The molecule has 3 nitrogen and oxygen atoms in total. The van der Waals surface area contributed by atoms with Gasteiger partial charge in [0.05, 0.1) is 12.1 Å². The molecule has 0 amide bonds. The van der Waals surface area contributed by atoms with Crippen molar-refractivity contribution in [2.45, 2.75) is 70.0 Å². The molecule has 0 heterocycles. The van der Waals surface area contributed by atoms with Crippen LogP contribution in [0.25, 0.3) is 0 Å². The zero-order valence-corrected chi connectivity index (χ0v) is 12.3. The van der Waals surface area contributed by atoms with Gasteiger partial charge in [-0.25, -0.2) is 0 Å². The van der Waals surface area contributed by atoms with Crippen LogP contribution in [0.15, 0.2) is 0 Å². The van der Waals surface area contributed by atoms with Crippen LogP contribution in [0, 0.1) is 5.92 Å². The van der Waals surface area contributed by atoms with Crippen LogP contribution in [0.5, 0.6) is 0 Å². The van der Waals surface area contributed by atoms with E-state index in [-0.39, 0.29) is 12.1 Å². The number of hydrogen-bond acceptors (Lipinski definition) is 3. The summed E-state index contributed by atoms with van der Waals surface area (Å²) in [4.78, 5) is 2.47. The molecule has 3 unspecified atom stereocenters. The second kappa shape index (κ2) is 5.89. The molecule has 0 aromatic carbocycles. The molecule has 2 N–H and O–H groups in total. The van der Waals surface area contributed by atoms with Gasteiger partial charge in [0, 0.05) is 18.6 Å². The first-order valence-electron chi connectivity index (χ1n) is 7.61. The number of rotatable bonds is 6. The van der Waals surface area contributed by atoms with Crippen LogP contribution in [0.3, 0.4) is 0 Å². The smallest absolute Gasteiger partial charge is 0.0623 e. The number of nitrogens with zero attached hydrogens (tertiary/aromatic N) is 1. The molecule has 2 fully saturated rings. The average molecular weight is 254 g/mol. The average Bonchev–Trinajstić information content (AvgIpc) is 3.12. The SMILES string of the molecule is CC1CCCC(N(C)CC(C)(CO)NC2CC2)C1. The highest BCUT2D eigenvalue weighted by molar-refractivity contribution is 4.95. The van der Waals surface area contributed by atoms with Gasteiger partial charge in [0.25, 0.3) is 0 Å². The molecule has 0 aromatic rings. The van der Waals surface area contributed by atoms with E-state index in [4.69, 9.17) is 0 Å². The van der Waals surface area contributed by atoms with Crippen LogP contribution < -0.4 is 5.32 Å². The third-order valence-electron chi connectivity index (χ3n) is 4.61. The summed E-state index contributed by atoms with van der Waals surface area (Å²) in [5.41, 5.74) is -0.128. The van der Waals surface area contributed by atoms with Gasteiger partial charge in [-0.05, 0) is 45.6 Å². The van der Waals surface area contributed by atoms with Crippen LogP contribution in [-0.2, 0) is 0 Å². The molecular weight excluding hydrogens is 224 g/mol. The summed E-state index contributed by atoms with van der Waals surface area (Å²) in [7, 11) is 2.23. The molecule has 2 rings (SSSR count). The second-order valence-corrected chi connectivity index (χ2v) is 6.98. The molecule has 2 aliphatic rings. The van der Waals surface area contributed by atoms with E-state index < -0.39 is 0 Å². The lowest BCUT2D eigenvalue weighted by molar-refractivity contribution is 0.0888. The quantitative estimate of drug-likeness (QED) is 0.761. The maximum absolute atomic E-state index is 9.67. The van der Waals surface area contributed by atoms with Crippen LogP contribution in [-0.4, -0.2) is 47.8 Å². The van der Waals surface area contributed by atoms with E-state index in [2.05, 4.69) is 31.1 Å². The third-order valence-corrected chi connectivity index (χ3v) is 4.61. The van der Waals surface area contributed by atoms with Crippen molar-refractivity contribution in [3.63, 3.8) is 0 Å². The Hall–Kier alpha value is -0.120. The Morgan fingerprint density at radius 3 is 2.56 bits per heavy atom. The van der Waals surface area contributed by atoms with Crippen LogP contribution in [0.2, 0.25) is 0 Å². The topological polar surface area (TPSA) is 35.5 Å². The van der Waals surface area contributed by atoms with E-state index >= 15 is 0 Å². The van der Waals surface area contributed by atoms with E-state index in [0.717, 1.165) is 12.5 Å². The normalized spacial score (nSPS) is 32.5. The zero-order chi connectivity index (χ0) is 13.2. The summed E-state index contributed by atoms with van der Waals surface area (Å²) in [6.45, 7) is 5.72. The molecule has 2 saturated carbocycles. The number of aliphatic hydroxyl groups excluding tert-OH is 1. The monoisotopic (exact) mass is 254 g/mol. The molecule has 0 aromatic heterocycles. The minimum atomic E-state index is -0.128. The highest BCUT2D eigenvalue weighted by Gasteiger charge is 2.34. The fraction of sp³-hybridized carbons (Fsp3) is 1.00. The molecule has 0 radical (unpaired) electrons. The molecule has 3 atom stereocenters. The van der Waals surface area contributed by atoms with E-state index in [1.54, 1.807) is 0 Å². The first kappa shape index (κ1) is 14.3. The fourth-order valence-electron chi connectivity index (χ4n) is 3.34. The predicted molar refractivity (Wildman–Crippen MR) is 75.7 cm³/mol. The van der Waals surface area contributed by atoms with Crippen molar-refractivity contribution < 1.29 is 5.11 Å². The Balaban J connectivity index is 1.85. The molecular formula is C15H30N2O. The lowest BCUT2D eigenvalue weighted by Gasteiger charge is -2.40. The van der Waals surface area contributed by atoms with Gasteiger partial charge >= 0.3 is 0 Å². The van der Waals surface area contributed by atoms with Gasteiger partial charge in [-0.2, -0.15) is 0 Å². The van der Waals surface area contributed by atoms with Gasteiger partial charge in [0.15, 0.2) is 0 Å². The maximum Gasteiger partial charge on any atom is 0.0623 e. The summed E-state index contributed by atoms with van der Waals surface area (Å²) >= 11 is 0. The second-order valence-electron chi connectivity index (χ2n) is 6.98. The maximum atomic E-state index is 9.67. The van der Waals surface area contributed by atoms with Gasteiger partial charge in [-0.15, -0.1) is 0 Å². The number of hydrogen-bond donors (Lipinski definition) is 2. The van der Waals surface area contributed by atoms with Gasteiger partial charge in [0.2, 0.25) is 0 Å². The summed E-state index contributed by atoms with van der Waals surface area (Å²) in [6.07, 6.45) is 7.96. The number of aliphatic hydroxyl groups is 1. The van der Waals surface area contributed by atoms with Gasteiger partial charge in [-0.1, -0.05) is 19.8 Å². The van der Waals surface area contributed by atoms with E-state index in [9.17, 15) is 5.11 Å². The lowest BCUT2D eigenvalue weighted by Crippen LogP contribution is -2.56. The number of nitrogens with one attached hydrogen (secondary N) is 1. The predicted octanol–water partition coefficient (Wildman–Crippen LogP) is 2.00. The van der Waals surface area contributed by atoms with Crippen LogP contribution in [0.1, 0.15) is 52.4 Å². The van der Waals surface area contributed by atoms with Gasteiger partial charge < -0.3 is 15.3 Å². The lowest BCUT2D eigenvalue weighted by atomic mass is 9.86. The van der Waals surface area contributed by atoms with Crippen molar-refractivity contribution in [3.8, 4) is 0 Å². The Kier molecular flexibility index (Phi) is 4.68. The van der Waals surface area contributed by atoms with Crippen LogP contribution >= 0.6 is 0 Å². The van der Waals surface area contributed by atoms with Gasteiger partial charge in [0.1, 0.15) is 0 Å². The van der Waals surface area contributed by atoms with Crippen molar-refractivity contribution in [3.05, 3.63) is 0 Å². The summed E-state index contributed by atoms with van der Waals surface area (Å²) < 4.78 is 0. The first-order chi connectivity index (χ1) is 8.52. The number of likely N-dealkylation sites (N-methyl/N-ethyl adjacent to an activating group) is 1. The summed E-state index contributed by atoms with van der Waals surface area (Å²) in [6, 6.07) is 1.36. The van der Waals surface area contributed by atoms with E-state index in [0.29, 0.717) is 12.1 Å². The van der Waals surface area contributed by atoms with E-state index in [1.165, 1.54) is 38.5 Å². The molecule has 0 bridgehead atoms. The molecule has 0 aliphatic heterocycles. The molecule has 0 spiro atoms. The third kappa shape index (κ3) is 3.94. The standard InChI is InChI=1S/C15H30N2O/c1-12-5-4-6-14(9-12)17(3)10-15(2,11-18)16-13-7-8-13/h12-14,16,18H,4-11H2,1-3H3. The highest BCUT2D eigenvalue weighted by Crippen LogP contribution is 2.28. The molecule has 18 heavy (non-hydrogen) atoms. The molecule has 106 valence electrons. The highest BCUT2D eigenvalue weighted by atomic mass is 16.3. The van der Waals surface area contributed by atoms with E-state index in [1.807, 2.05) is 0 Å².